The number of halogens is 2. The van der Waals surface area contributed by atoms with E-state index < -0.39 is 11.9 Å². The molecule has 1 amide bonds. The van der Waals surface area contributed by atoms with Crippen molar-refractivity contribution in [3.05, 3.63) is 51.0 Å². The van der Waals surface area contributed by atoms with Gasteiger partial charge >= 0.3 is 5.97 Å². The summed E-state index contributed by atoms with van der Waals surface area (Å²) in [5.74, 6) is -1.57. The Morgan fingerprint density at radius 1 is 1.29 bits per heavy atom. The summed E-state index contributed by atoms with van der Waals surface area (Å²) in [5.41, 5.74) is 0.647. The molecule has 0 aliphatic heterocycles. The summed E-state index contributed by atoms with van der Waals surface area (Å²) in [6.07, 6.45) is 0. The SMILES string of the molecule is Cc1cc(OCC(=O)Nc2ccc(O)cc2C(=O)O)c(Br)cc1Cl. The molecule has 24 heavy (non-hydrogen) atoms. The van der Waals surface area contributed by atoms with Crippen LogP contribution in [0, 0.1) is 6.92 Å². The van der Waals surface area contributed by atoms with E-state index in [0.29, 0.717) is 15.2 Å². The zero-order valence-electron chi connectivity index (χ0n) is 12.5. The molecule has 0 fully saturated rings. The second-order valence-electron chi connectivity index (χ2n) is 4.90. The molecule has 0 bridgehead atoms. The highest BCUT2D eigenvalue weighted by Gasteiger charge is 2.14. The Bertz CT molecular complexity index is 809. The van der Waals surface area contributed by atoms with Crippen LogP contribution in [0.15, 0.2) is 34.8 Å². The monoisotopic (exact) mass is 413 g/mol. The first-order valence-electron chi connectivity index (χ1n) is 6.72. The van der Waals surface area contributed by atoms with E-state index in [9.17, 15) is 14.7 Å². The lowest BCUT2D eigenvalue weighted by Gasteiger charge is -2.12. The number of phenols is 1. The third kappa shape index (κ3) is 4.39. The highest BCUT2D eigenvalue weighted by Crippen LogP contribution is 2.31. The quantitative estimate of drug-likeness (QED) is 0.646. The van der Waals surface area contributed by atoms with Crippen LogP contribution in [0.25, 0.3) is 0 Å². The second kappa shape index (κ2) is 7.55. The maximum atomic E-state index is 12.0. The fourth-order valence-electron chi connectivity index (χ4n) is 1.89. The van der Waals surface area contributed by atoms with E-state index in [1.807, 2.05) is 0 Å². The third-order valence-electron chi connectivity index (χ3n) is 3.08. The summed E-state index contributed by atoms with van der Waals surface area (Å²) in [4.78, 5) is 23.1. The summed E-state index contributed by atoms with van der Waals surface area (Å²) in [5, 5.41) is 21.4. The van der Waals surface area contributed by atoms with Crippen LogP contribution in [0.5, 0.6) is 11.5 Å². The van der Waals surface area contributed by atoms with Gasteiger partial charge in [0.1, 0.15) is 11.5 Å². The lowest BCUT2D eigenvalue weighted by Crippen LogP contribution is -2.21. The van der Waals surface area contributed by atoms with Gasteiger partial charge in [0.25, 0.3) is 5.91 Å². The van der Waals surface area contributed by atoms with E-state index in [-0.39, 0.29) is 23.6 Å². The number of aryl methyl sites for hydroxylation is 1. The van der Waals surface area contributed by atoms with Crippen molar-refractivity contribution in [2.24, 2.45) is 0 Å². The molecule has 0 saturated heterocycles. The van der Waals surface area contributed by atoms with Crippen molar-refractivity contribution in [3.63, 3.8) is 0 Å². The van der Waals surface area contributed by atoms with Crippen molar-refractivity contribution >= 4 is 45.1 Å². The lowest BCUT2D eigenvalue weighted by atomic mass is 10.1. The van der Waals surface area contributed by atoms with Crippen LogP contribution in [0.3, 0.4) is 0 Å². The molecule has 0 saturated carbocycles. The van der Waals surface area contributed by atoms with Gasteiger partial charge in [-0.2, -0.15) is 0 Å². The van der Waals surface area contributed by atoms with E-state index in [1.165, 1.54) is 12.1 Å². The maximum Gasteiger partial charge on any atom is 0.337 e. The number of nitrogens with one attached hydrogen (secondary N) is 1. The van der Waals surface area contributed by atoms with Crippen molar-refractivity contribution in [2.45, 2.75) is 6.92 Å². The van der Waals surface area contributed by atoms with Gasteiger partial charge in [-0.25, -0.2) is 4.79 Å². The number of aromatic carboxylic acids is 1. The first-order valence-corrected chi connectivity index (χ1v) is 7.89. The van der Waals surface area contributed by atoms with E-state index in [1.54, 1.807) is 19.1 Å². The van der Waals surface area contributed by atoms with Crippen LogP contribution >= 0.6 is 27.5 Å². The number of anilines is 1. The zero-order valence-corrected chi connectivity index (χ0v) is 14.8. The standard InChI is InChI=1S/C16H13BrClNO5/c1-8-4-14(11(17)6-12(8)18)24-7-15(21)19-13-3-2-9(20)5-10(13)16(22)23/h2-6,20H,7H2,1H3,(H,19,21)(H,22,23). The van der Waals surface area contributed by atoms with Gasteiger partial charge in [-0.1, -0.05) is 11.6 Å². The average Bonchev–Trinajstić information content (AvgIpc) is 2.51. The number of amides is 1. The summed E-state index contributed by atoms with van der Waals surface area (Å²) >= 11 is 9.27. The summed E-state index contributed by atoms with van der Waals surface area (Å²) in [7, 11) is 0. The molecule has 2 aromatic carbocycles. The smallest absolute Gasteiger partial charge is 0.337 e. The molecule has 2 rings (SSSR count). The zero-order chi connectivity index (χ0) is 17.9. The fraction of sp³-hybridized carbons (Fsp3) is 0.125. The topological polar surface area (TPSA) is 95.9 Å². The summed E-state index contributed by atoms with van der Waals surface area (Å²) < 4.78 is 6.02. The predicted octanol–water partition coefficient (Wildman–Crippen LogP) is 3.83. The molecular weight excluding hydrogens is 402 g/mol. The number of ether oxygens (including phenoxy) is 1. The Balaban J connectivity index is 2.07. The Labute approximate surface area is 151 Å². The first kappa shape index (κ1) is 18.1. The minimum atomic E-state index is -1.27. The molecule has 0 spiro atoms. The molecule has 3 N–H and O–H groups in total. The molecule has 6 nitrogen and oxygen atoms in total. The van der Waals surface area contributed by atoms with Crippen LogP contribution in [0.2, 0.25) is 5.02 Å². The molecule has 2 aromatic rings. The molecule has 126 valence electrons. The van der Waals surface area contributed by atoms with E-state index in [4.69, 9.17) is 21.4 Å². The lowest BCUT2D eigenvalue weighted by molar-refractivity contribution is -0.118. The largest absolute Gasteiger partial charge is 0.508 e. The van der Waals surface area contributed by atoms with Gasteiger partial charge < -0.3 is 20.3 Å². The van der Waals surface area contributed by atoms with Crippen LogP contribution in [-0.4, -0.2) is 28.7 Å². The highest BCUT2D eigenvalue weighted by molar-refractivity contribution is 9.10. The number of phenolic OH excluding ortho intramolecular Hbond substituents is 1. The normalized spacial score (nSPS) is 10.3. The number of carbonyl (C=O) groups is 2. The minimum Gasteiger partial charge on any atom is -0.508 e. The van der Waals surface area contributed by atoms with E-state index in [2.05, 4.69) is 21.2 Å². The molecule has 0 radical (unpaired) electrons. The number of hydrogen-bond acceptors (Lipinski definition) is 4. The summed E-state index contributed by atoms with van der Waals surface area (Å²) in [6.45, 7) is 1.48. The number of rotatable bonds is 5. The van der Waals surface area contributed by atoms with Gasteiger partial charge in [0.05, 0.1) is 15.7 Å². The van der Waals surface area contributed by atoms with Gasteiger partial charge in [-0.3, -0.25) is 4.79 Å². The van der Waals surface area contributed by atoms with E-state index in [0.717, 1.165) is 11.6 Å². The second-order valence-corrected chi connectivity index (χ2v) is 6.17. The number of carboxylic acids is 1. The predicted molar refractivity (Wildman–Crippen MR) is 93.1 cm³/mol. The average molecular weight is 415 g/mol. The fourth-order valence-corrected chi connectivity index (χ4v) is 2.64. The van der Waals surface area contributed by atoms with Crippen LogP contribution in [0.1, 0.15) is 15.9 Å². The van der Waals surface area contributed by atoms with Crippen LogP contribution in [-0.2, 0) is 4.79 Å². The van der Waals surface area contributed by atoms with Gasteiger partial charge in [0.2, 0.25) is 0 Å². The highest BCUT2D eigenvalue weighted by atomic mass is 79.9. The molecule has 0 heterocycles. The molecule has 8 heteroatoms. The van der Waals surface area contributed by atoms with Crippen LogP contribution in [0.4, 0.5) is 5.69 Å². The Kier molecular flexibility index (Phi) is 5.69. The number of benzene rings is 2. The van der Waals surface area contributed by atoms with Gasteiger partial charge in [-0.05, 0) is 58.7 Å². The van der Waals surface area contributed by atoms with Crippen molar-refractivity contribution in [1.82, 2.24) is 0 Å². The number of carbonyl (C=O) groups excluding carboxylic acids is 1. The van der Waals surface area contributed by atoms with Crippen molar-refractivity contribution in [1.29, 1.82) is 0 Å². The van der Waals surface area contributed by atoms with Crippen molar-refractivity contribution in [3.8, 4) is 11.5 Å². The maximum absolute atomic E-state index is 12.0. The van der Waals surface area contributed by atoms with Crippen molar-refractivity contribution < 1.29 is 24.5 Å². The molecule has 0 aliphatic carbocycles. The van der Waals surface area contributed by atoms with E-state index >= 15 is 0 Å². The molecule has 0 aliphatic rings. The van der Waals surface area contributed by atoms with Gasteiger partial charge in [0, 0.05) is 5.02 Å². The molecule has 0 unspecified atom stereocenters. The molecular formula is C16H13BrClNO5. The number of hydrogen-bond donors (Lipinski definition) is 3. The third-order valence-corrected chi connectivity index (χ3v) is 4.11. The number of carboxylic acid groups (broad SMARTS) is 1. The number of aromatic hydroxyl groups is 1. The summed E-state index contributed by atoms with van der Waals surface area (Å²) in [6, 6.07) is 6.98. The van der Waals surface area contributed by atoms with Gasteiger partial charge in [0.15, 0.2) is 6.61 Å². The minimum absolute atomic E-state index is 0.0697. The van der Waals surface area contributed by atoms with Gasteiger partial charge in [-0.15, -0.1) is 0 Å². The van der Waals surface area contributed by atoms with Crippen molar-refractivity contribution in [2.75, 3.05) is 11.9 Å². The Morgan fingerprint density at radius 2 is 2.00 bits per heavy atom. The Morgan fingerprint density at radius 3 is 2.67 bits per heavy atom. The first-order chi connectivity index (χ1) is 11.3. The van der Waals surface area contributed by atoms with Crippen LogP contribution < -0.4 is 10.1 Å². The Hall–Kier alpha value is -2.25. The molecule has 0 aromatic heterocycles. The molecule has 0 atom stereocenters.